The van der Waals surface area contributed by atoms with Gasteiger partial charge in [-0.2, -0.15) is 0 Å². The molecule has 0 amide bonds. The van der Waals surface area contributed by atoms with Crippen molar-refractivity contribution < 1.29 is 4.74 Å². The van der Waals surface area contributed by atoms with Crippen molar-refractivity contribution >= 4 is 14.7 Å². The second-order valence-electron chi connectivity index (χ2n) is 4.48. The maximum atomic E-state index is 6.22. The average molecular weight is 187 g/mol. The van der Waals surface area contributed by atoms with E-state index in [4.69, 9.17) is 12.3 Å². The van der Waals surface area contributed by atoms with Crippen molar-refractivity contribution in [3.8, 4) is 0 Å². The van der Waals surface area contributed by atoms with Crippen LogP contribution in [-0.4, -0.2) is 32.3 Å². The van der Waals surface area contributed by atoms with Crippen molar-refractivity contribution in [2.24, 2.45) is 0 Å². The smallest absolute Gasteiger partial charge is 0.348 e. The molecular weight excluding hydrogens is 166 g/mol. The van der Waals surface area contributed by atoms with Gasteiger partial charge >= 0.3 is 7.57 Å². The normalized spacial score (nSPS) is 17.4. The molecule has 1 nitrogen and oxygen atoms in total. The van der Waals surface area contributed by atoms with E-state index in [-0.39, 0.29) is 5.16 Å². The summed E-state index contributed by atoms with van der Waals surface area (Å²) in [7, 11) is 4.84. The van der Waals surface area contributed by atoms with Crippen LogP contribution in [0.1, 0.15) is 34.1 Å². The highest BCUT2D eigenvalue weighted by Gasteiger charge is 2.39. The maximum Gasteiger partial charge on any atom is 0.368 e. The number of ether oxygens (including phenoxy) is 1. The van der Waals surface area contributed by atoms with Gasteiger partial charge in [0.05, 0.1) is 11.8 Å². The van der Waals surface area contributed by atoms with Crippen molar-refractivity contribution in [2.75, 3.05) is 19.6 Å². The van der Waals surface area contributed by atoms with Gasteiger partial charge in [-0.15, -0.1) is 0 Å². The molecule has 1 unspecified atom stereocenters. The second-order valence-corrected chi connectivity index (χ2v) is 8.61. The zero-order chi connectivity index (χ0) is 9.83. The van der Waals surface area contributed by atoms with Crippen LogP contribution < -0.4 is 0 Å². The molecule has 1 atom stereocenters. The summed E-state index contributed by atoms with van der Waals surface area (Å²) in [5.41, 5.74) is 0. The zero-order valence-electron chi connectivity index (χ0n) is 9.05. The van der Waals surface area contributed by atoms with Crippen molar-refractivity contribution in [3.05, 3.63) is 0 Å². The van der Waals surface area contributed by atoms with Gasteiger partial charge in [-0.05, 0) is 34.3 Å². The summed E-state index contributed by atoms with van der Waals surface area (Å²) in [4.78, 5) is 0. The quantitative estimate of drug-likeness (QED) is 0.373. The molecule has 0 saturated carbocycles. The van der Waals surface area contributed by atoms with E-state index in [1.54, 1.807) is 0 Å². The van der Waals surface area contributed by atoms with Crippen LogP contribution in [0, 0.1) is 0 Å². The van der Waals surface area contributed by atoms with Gasteiger partial charge in [0.1, 0.15) is 6.35 Å². The van der Waals surface area contributed by atoms with E-state index in [2.05, 4.69) is 34.4 Å². The topological polar surface area (TPSA) is 9.23 Å². The monoisotopic (exact) mass is 187 g/mol. The first-order chi connectivity index (χ1) is 5.31. The van der Waals surface area contributed by atoms with E-state index >= 15 is 0 Å². The van der Waals surface area contributed by atoms with Gasteiger partial charge in [0.25, 0.3) is 0 Å². The van der Waals surface area contributed by atoms with E-state index in [9.17, 15) is 0 Å². The third-order valence-electron chi connectivity index (χ3n) is 2.24. The first-order valence-corrected chi connectivity index (χ1v) is 7.02. The summed E-state index contributed by atoms with van der Waals surface area (Å²) in [5.74, 6) is 0. The Kier molecular flexibility index (Phi) is 4.80. The molecule has 0 bridgehead atoms. The maximum absolute atomic E-state index is 6.22. The van der Waals surface area contributed by atoms with E-state index in [0.29, 0.717) is 0 Å². The van der Waals surface area contributed by atoms with Crippen molar-refractivity contribution in [2.45, 2.75) is 39.3 Å². The van der Waals surface area contributed by atoms with Crippen LogP contribution in [-0.2, 0) is 4.74 Å². The largest absolute Gasteiger partial charge is 0.368 e. The van der Waals surface area contributed by atoms with Crippen LogP contribution in [0.5, 0.6) is 0 Å². The lowest BCUT2D eigenvalue weighted by Gasteiger charge is -2.32. The zero-order valence-corrected chi connectivity index (χ0v) is 9.95. The van der Waals surface area contributed by atoms with Crippen LogP contribution in [0.25, 0.3) is 0 Å². The molecule has 0 aliphatic rings. The van der Waals surface area contributed by atoms with E-state index in [1.165, 1.54) is 0 Å². The van der Waals surface area contributed by atoms with Gasteiger partial charge in [-0.3, -0.25) is 0 Å². The van der Waals surface area contributed by atoms with Gasteiger partial charge in [-0.1, -0.05) is 6.92 Å². The Bertz CT molecular complexity index is 129. The molecular formula is C9H21BOP+. The summed E-state index contributed by atoms with van der Waals surface area (Å²) in [6.45, 7) is 11.7. The summed E-state index contributed by atoms with van der Waals surface area (Å²) in [5, 5.41) is 0.209. The van der Waals surface area contributed by atoms with Gasteiger partial charge in [0, 0.05) is 6.66 Å². The lowest BCUT2D eigenvalue weighted by Crippen LogP contribution is -2.23. The summed E-state index contributed by atoms with van der Waals surface area (Å²) in [6, 6.07) is 0. The van der Waals surface area contributed by atoms with E-state index in [0.717, 1.165) is 19.4 Å². The highest BCUT2D eigenvalue weighted by Crippen LogP contribution is 2.61. The van der Waals surface area contributed by atoms with E-state index in [1.807, 2.05) is 0 Å². The standard InChI is InChI=1S/C9H21BOP/c1-6-7-11-8-12(5,10)9(2,3)4/h6-8H2,1-5H3/q+1. The Balaban J connectivity index is 3.88. The van der Waals surface area contributed by atoms with Crippen LogP contribution >= 0.6 is 7.14 Å². The Morgan fingerprint density at radius 1 is 1.33 bits per heavy atom. The minimum absolute atomic E-state index is 0.209. The number of rotatable bonds is 4. The molecule has 0 aliphatic carbocycles. The molecule has 0 aromatic heterocycles. The molecule has 0 aliphatic heterocycles. The van der Waals surface area contributed by atoms with Crippen LogP contribution in [0.15, 0.2) is 0 Å². The first-order valence-electron chi connectivity index (χ1n) is 4.53. The Morgan fingerprint density at radius 3 is 2.17 bits per heavy atom. The van der Waals surface area contributed by atoms with Gasteiger partial charge in [0.15, 0.2) is 0 Å². The fourth-order valence-corrected chi connectivity index (χ4v) is 1.49. The van der Waals surface area contributed by atoms with Crippen molar-refractivity contribution in [1.29, 1.82) is 0 Å². The summed E-state index contributed by atoms with van der Waals surface area (Å²) in [6.07, 6.45) is 1.83. The highest BCUT2D eigenvalue weighted by molar-refractivity contribution is 7.97. The van der Waals surface area contributed by atoms with E-state index < -0.39 is 7.14 Å². The van der Waals surface area contributed by atoms with Gasteiger partial charge < -0.3 is 4.74 Å². The SMILES string of the molecule is [B][P+](C)(COCCC)C(C)(C)C. The molecule has 12 heavy (non-hydrogen) atoms. The van der Waals surface area contributed by atoms with Crippen molar-refractivity contribution in [1.82, 2.24) is 0 Å². The minimum atomic E-state index is -1.38. The second kappa shape index (κ2) is 4.62. The third-order valence-corrected chi connectivity index (χ3v) is 6.02. The van der Waals surface area contributed by atoms with Crippen LogP contribution in [0.3, 0.4) is 0 Å². The fourth-order valence-electron chi connectivity index (χ4n) is 0.592. The number of hydrogen-bond acceptors (Lipinski definition) is 1. The molecule has 0 aromatic carbocycles. The third kappa shape index (κ3) is 3.91. The molecule has 0 aromatic rings. The Morgan fingerprint density at radius 2 is 1.83 bits per heavy atom. The lowest BCUT2D eigenvalue weighted by molar-refractivity contribution is 0.179. The van der Waals surface area contributed by atoms with Crippen LogP contribution in [0.2, 0.25) is 0 Å². The van der Waals surface area contributed by atoms with Crippen LogP contribution in [0.4, 0.5) is 0 Å². The fraction of sp³-hybridized carbons (Fsp3) is 1.00. The molecule has 0 spiro atoms. The summed E-state index contributed by atoms with van der Waals surface area (Å²) >= 11 is 0. The Hall–Kier alpha value is 0.455. The molecule has 0 rings (SSSR count). The van der Waals surface area contributed by atoms with Gasteiger partial charge in [0.2, 0.25) is 0 Å². The molecule has 0 fully saturated rings. The lowest BCUT2D eigenvalue weighted by atomic mass is 10.3. The van der Waals surface area contributed by atoms with Gasteiger partial charge in [-0.25, -0.2) is 0 Å². The number of hydrogen-bond donors (Lipinski definition) is 0. The molecule has 0 heterocycles. The average Bonchev–Trinajstić information content (AvgIpc) is 1.85. The summed E-state index contributed by atoms with van der Waals surface area (Å²) < 4.78 is 5.50. The molecule has 70 valence electrons. The molecule has 2 radical (unpaired) electrons. The van der Waals surface area contributed by atoms with Crippen molar-refractivity contribution in [3.63, 3.8) is 0 Å². The molecule has 0 N–H and O–H groups in total. The minimum Gasteiger partial charge on any atom is -0.348 e. The predicted molar refractivity (Wildman–Crippen MR) is 59.5 cm³/mol. The molecule has 3 heteroatoms. The highest BCUT2D eigenvalue weighted by atomic mass is 31.2. The predicted octanol–water partition coefficient (Wildman–Crippen LogP) is 2.90. The Labute approximate surface area is 79.0 Å². The molecule has 0 saturated heterocycles. The first kappa shape index (κ1) is 12.5.